The fourth-order valence-electron chi connectivity index (χ4n) is 3.55. The Balaban J connectivity index is 1.85. The summed E-state index contributed by atoms with van der Waals surface area (Å²) in [6, 6.07) is 27.8. The van der Waals surface area contributed by atoms with Gasteiger partial charge < -0.3 is 4.42 Å². The van der Waals surface area contributed by atoms with Gasteiger partial charge in [-0.2, -0.15) is 0 Å². The van der Waals surface area contributed by atoms with Gasteiger partial charge in [-0.15, -0.1) is 0 Å². The van der Waals surface area contributed by atoms with Crippen LogP contribution in [0, 0.1) is 0 Å². The van der Waals surface area contributed by atoms with Crippen molar-refractivity contribution in [2.75, 3.05) is 0 Å². The minimum atomic E-state index is 0.941. The molecular formula is C22H15BO. The summed E-state index contributed by atoms with van der Waals surface area (Å²) in [6.45, 7) is 0. The van der Waals surface area contributed by atoms with Crippen LogP contribution in [0.2, 0.25) is 0 Å². The number of hydrogen-bond acceptors (Lipinski definition) is 1. The molecule has 0 bridgehead atoms. The first-order valence-electron chi connectivity index (χ1n) is 8.21. The lowest BCUT2D eigenvalue weighted by Gasteiger charge is -2.07. The second-order valence-corrected chi connectivity index (χ2v) is 6.34. The zero-order valence-electron chi connectivity index (χ0n) is 13.4. The summed E-state index contributed by atoms with van der Waals surface area (Å²) >= 11 is 0. The van der Waals surface area contributed by atoms with Gasteiger partial charge in [0.1, 0.15) is 19.0 Å². The summed E-state index contributed by atoms with van der Waals surface area (Å²) in [5.41, 5.74) is 5.62. The fraction of sp³-hybridized carbons (Fsp3) is 0. The van der Waals surface area contributed by atoms with E-state index in [1.807, 2.05) is 18.2 Å². The molecule has 0 amide bonds. The van der Waals surface area contributed by atoms with Gasteiger partial charge in [-0.25, -0.2) is 0 Å². The van der Waals surface area contributed by atoms with Crippen molar-refractivity contribution in [3.8, 4) is 11.1 Å². The van der Waals surface area contributed by atoms with Crippen molar-refractivity contribution in [1.29, 1.82) is 0 Å². The van der Waals surface area contributed by atoms with Crippen molar-refractivity contribution in [3.05, 3.63) is 78.9 Å². The highest BCUT2D eigenvalue weighted by atomic mass is 16.3. The molecule has 0 spiro atoms. The van der Waals surface area contributed by atoms with Crippen molar-refractivity contribution in [3.63, 3.8) is 0 Å². The first-order valence-corrected chi connectivity index (χ1v) is 8.21. The van der Waals surface area contributed by atoms with Gasteiger partial charge >= 0.3 is 0 Å². The summed E-state index contributed by atoms with van der Waals surface area (Å²) in [4.78, 5) is 0. The topological polar surface area (TPSA) is 13.1 Å². The Morgan fingerprint density at radius 2 is 1.50 bits per heavy atom. The Bertz CT molecular complexity index is 1220. The van der Waals surface area contributed by atoms with Gasteiger partial charge in [-0.05, 0) is 40.1 Å². The Labute approximate surface area is 140 Å². The van der Waals surface area contributed by atoms with Gasteiger partial charge in [0, 0.05) is 10.8 Å². The molecule has 1 aromatic heterocycles. The first kappa shape index (κ1) is 13.4. The summed E-state index contributed by atoms with van der Waals surface area (Å²) in [6.07, 6.45) is 0. The molecular weight excluding hydrogens is 291 g/mol. The van der Waals surface area contributed by atoms with E-state index in [0.717, 1.165) is 11.2 Å². The zero-order valence-corrected chi connectivity index (χ0v) is 13.4. The van der Waals surface area contributed by atoms with E-state index < -0.39 is 0 Å². The van der Waals surface area contributed by atoms with Crippen LogP contribution in [-0.4, -0.2) is 7.85 Å². The highest BCUT2D eigenvalue weighted by molar-refractivity contribution is 6.33. The number of para-hydroxylation sites is 1. The molecule has 0 unspecified atom stereocenters. The van der Waals surface area contributed by atoms with Crippen LogP contribution in [0.5, 0.6) is 0 Å². The third-order valence-electron chi connectivity index (χ3n) is 4.71. The van der Waals surface area contributed by atoms with Crippen LogP contribution >= 0.6 is 0 Å². The molecule has 2 heteroatoms. The molecule has 1 nitrogen and oxygen atoms in total. The normalized spacial score (nSPS) is 11.5. The smallest absolute Gasteiger partial charge is 0.139 e. The second-order valence-electron chi connectivity index (χ2n) is 6.34. The van der Waals surface area contributed by atoms with E-state index in [1.165, 1.54) is 38.1 Å². The Kier molecular flexibility index (Phi) is 2.80. The standard InChI is InChI=1S/C22H15BO/c23-17-11-10-14-8-9-15(12-16(14)13-17)18-5-3-7-21-22(18)19-4-1-2-6-20(19)24-21/h1-13H,23H2. The van der Waals surface area contributed by atoms with Crippen molar-refractivity contribution < 1.29 is 4.42 Å². The van der Waals surface area contributed by atoms with Crippen molar-refractivity contribution >= 4 is 46.0 Å². The third-order valence-corrected chi connectivity index (χ3v) is 4.71. The van der Waals surface area contributed by atoms with Crippen LogP contribution in [-0.2, 0) is 0 Å². The van der Waals surface area contributed by atoms with Gasteiger partial charge in [-0.1, -0.05) is 66.1 Å². The molecule has 0 radical (unpaired) electrons. The van der Waals surface area contributed by atoms with Crippen molar-refractivity contribution in [1.82, 2.24) is 0 Å². The van der Waals surface area contributed by atoms with Crippen molar-refractivity contribution in [2.24, 2.45) is 0 Å². The first-order chi connectivity index (χ1) is 11.8. The number of furan rings is 1. The molecule has 112 valence electrons. The SMILES string of the molecule is Bc1ccc2ccc(-c3cccc4oc5ccccc5c34)cc2c1. The lowest BCUT2D eigenvalue weighted by atomic mass is 9.91. The number of hydrogen-bond donors (Lipinski definition) is 0. The van der Waals surface area contributed by atoms with E-state index in [9.17, 15) is 0 Å². The van der Waals surface area contributed by atoms with E-state index in [-0.39, 0.29) is 0 Å². The predicted molar refractivity (Wildman–Crippen MR) is 105 cm³/mol. The van der Waals surface area contributed by atoms with Gasteiger partial charge in [0.25, 0.3) is 0 Å². The maximum Gasteiger partial charge on any atom is 0.139 e. The minimum Gasteiger partial charge on any atom is -0.456 e. The summed E-state index contributed by atoms with van der Waals surface area (Å²) in [7, 11) is 2.14. The van der Waals surface area contributed by atoms with Crippen LogP contribution in [0.4, 0.5) is 0 Å². The summed E-state index contributed by atoms with van der Waals surface area (Å²) in [5, 5.41) is 4.92. The van der Waals surface area contributed by atoms with E-state index >= 15 is 0 Å². The van der Waals surface area contributed by atoms with Crippen LogP contribution in [0.25, 0.3) is 43.8 Å². The summed E-state index contributed by atoms with van der Waals surface area (Å²) in [5.74, 6) is 0. The Hall–Kier alpha value is -3.00. The second kappa shape index (κ2) is 5.00. The maximum atomic E-state index is 6.02. The highest BCUT2D eigenvalue weighted by Gasteiger charge is 2.12. The average Bonchev–Trinajstić information content (AvgIpc) is 2.99. The van der Waals surface area contributed by atoms with Crippen LogP contribution in [0.3, 0.4) is 0 Å². The minimum absolute atomic E-state index is 0.941. The largest absolute Gasteiger partial charge is 0.456 e. The molecule has 24 heavy (non-hydrogen) atoms. The molecule has 0 fully saturated rings. The van der Waals surface area contributed by atoms with Gasteiger partial charge in [0.05, 0.1) is 0 Å². The Morgan fingerprint density at radius 3 is 2.46 bits per heavy atom. The molecule has 0 N–H and O–H groups in total. The van der Waals surface area contributed by atoms with Gasteiger partial charge in [0.15, 0.2) is 0 Å². The van der Waals surface area contributed by atoms with Gasteiger partial charge in [0.2, 0.25) is 0 Å². The molecule has 1 heterocycles. The zero-order chi connectivity index (χ0) is 16.1. The molecule has 5 rings (SSSR count). The van der Waals surface area contributed by atoms with Crippen LogP contribution in [0.1, 0.15) is 0 Å². The number of benzene rings is 4. The number of rotatable bonds is 1. The molecule has 5 aromatic rings. The van der Waals surface area contributed by atoms with Gasteiger partial charge in [-0.3, -0.25) is 0 Å². The Morgan fingerprint density at radius 1 is 0.667 bits per heavy atom. The molecule has 4 aromatic carbocycles. The molecule has 0 aliphatic carbocycles. The van der Waals surface area contributed by atoms with E-state index in [1.54, 1.807) is 0 Å². The fourth-order valence-corrected chi connectivity index (χ4v) is 3.55. The van der Waals surface area contributed by atoms with Crippen LogP contribution < -0.4 is 5.46 Å². The monoisotopic (exact) mass is 306 g/mol. The maximum absolute atomic E-state index is 6.02. The lowest BCUT2D eigenvalue weighted by molar-refractivity contribution is 0.669. The molecule has 0 aliphatic rings. The summed E-state index contributed by atoms with van der Waals surface area (Å²) < 4.78 is 6.02. The third kappa shape index (κ3) is 1.96. The highest BCUT2D eigenvalue weighted by Crippen LogP contribution is 2.37. The quantitative estimate of drug-likeness (QED) is 0.410. The van der Waals surface area contributed by atoms with Crippen LogP contribution in [0.15, 0.2) is 83.3 Å². The van der Waals surface area contributed by atoms with E-state index in [4.69, 9.17) is 4.42 Å². The lowest BCUT2D eigenvalue weighted by Crippen LogP contribution is -1.99. The predicted octanol–water partition coefficient (Wildman–Crippen LogP) is 4.66. The molecule has 0 aliphatic heterocycles. The van der Waals surface area contributed by atoms with E-state index in [2.05, 4.69) is 68.5 Å². The number of fused-ring (bicyclic) bond motifs is 4. The molecule has 0 atom stereocenters. The average molecular weight is 306 g/mol. The molecule has 0 saturated heterocycles. The van der Waals surface area contributed by atoms with Crippen molar-refractivity contribution in [2.45, 2.75) is 0 Å². The molecule has 0 saturated carbocycles. The van der Waals surface area contributed by atoms with E-state index in [0.29, 0.717) is 0 Å².